The van der Waals surface area contributed by atoms with E-state index in [9.17, 15) is 9.59 Å². The van der Waals surface area contributed by atoms with E-state index in [1.165, 1.54) is 6.92 Å². The molecule has 3 N–H and O–H groups in total. The van der Waals surface area contributed by atoms with Gasteiger partial charge in [-0.25, -0.2) is 0 Å². The van der Waals surface area contributed by atoms with Crippen molar-refractivity contribution in [1.82, 2.24) is 10.2 Å². The monoisotopic (exact) mass is 295 g/mol. The van der Waals surface area contributed by atoms with Gasteiger partial charge in [-0.05, 0) is 30.6 Å². The van der Waals surface area contributed by atoms with E-state index in [0.717, 1.165) is 25.8 Å². The first kappa shape index (κ1) is 16.3. The smallest absolute Gasteiger partial charge is 0.226 e. The van der Waals surface area contributed by atoms with Crippen LogP contribution in [0, 0.1) is 17.3 Å². The Hall–Kier alpha value is -1.10. The van der Waals surface area contributed by atoms with Crippen LogP contribution >= 0.6 is 0 Å². The van der Waals surface area contributed by atoms with E-state index in [0.29, 0.717) is 12.5 Å². The summed E-state index contributed by atoms with van der Waals surface area (Å²) in [5.74, 6) is 0.607. The van der Waals surface area contributed by atoms with Gasteiger partial charge in [0.2, 0.25) is 11.8 Å². The van der Waals surface area contributed by atoms with E-state index in [1.807, 2.05) is 4.90 Å². The summed E-state index contributed by atoms with van der Waals surface area (Å²) in [6.07, 6.45) is 2.65. The first-order valence-corrected chi connectivity index (χ1v) is 8.05. The molecule has 0 spiro atoms. The zero-order valence-electron chi connectivity index (χ0n) is 13.7. The zero-order valence-corrected chi connectivity index (χ0v) is 13.7. The van der Waals surface area contributed by atoms with Gasteiger partial charge in [0.1, 0.15) is 0 Å². The Labute approximate surface area is 127 Å². The summed E-state index contributed by atoms with van der Waals surface area (Å²) >= 11 is 0. The van der Waals surface area contributed by atoms with Crippen molar-refractivity contribution in [1.29, 1.82) is 0 Å². The highest BCUT2D eigenvalue weighted by Crippen LogP contribution is 2.45. The lowest BCUT2D eigenvalue weighted by molar-refractivity contribution is -0.142. The molecule has 2 aliphatic rings. The van der Waals surface area contributed by atoms with Crippen molar-refractivity contribution < 1.29 is 9.59 Å². The number of nitrogens with two attached hydrogens (primary N) is 1. The van der Waals surface area contributed by atoms with Crippen LogP contribution < -0.4 is 11.1 Å². The number of carbonyl (C=O) groups is 2. The molecule has 0 aromatic rings. The third kappa shape index (κ3) is 3.23. The van der Waals surface area contributed by atoms with Crippen LogP contribution in [0.5, 0.6) is 0 Å². The molecule has 0 radical (unpaired) electrons. The third-order valence-electron chi connectivity index (χ3n) is 5.71. The molecule has 4 unspecified atom stereocenters. The van der Waals surface area contributed by atoms with Crippen molar-refractivity contribution in [3.05, 3.63) is 0 Å². The molecule has 2 rings (SSSR count). The molecule has 2 amide bonds. The predicted molar refractivity (Wildman–Crippen MR) is 82.4 cm³/mol. The molecule has 0 bridgehead atoms. The predicted octanol–water partition coefficient (Wildman–Crippen LogP) is 1.12. The van der Waals surface area contributed by atoms with Crippen LogP contribution in [0.4, 0.5) is 0 Å². The normalized spacial score (nSPS) is 35.6. The molecule has 5 nitrogen and oxygen atoms in total. The second kappa shape index (κ2) is 5.95. The lowest BCUT2D eigenvalue weighted by atomic mass is 9.61. The summed E-state index contributed by atoms with van der Waals surface area (Å²) in [5, 5.41) is 2.91. The molecular weight excluding hydrogens is 266 g/mol. The van der Waals surface area contributed by atoms with Gasteiger partial charge >= 0.3 is 0 Å². The molecule has 21 heavy (non-hydrogen) atoms. The Bertz CT molecular complexity index is 422. The first-order chi connectivity index (χ1) is 9.73. The maximum Gasteiger partial charge on any atom is 0.226 e. The molecule has 1 aliphatic heterocycles. The molecule has 1 heterocycles. The molecule has 1 saturated heterocycles. The number of nitrogens with zero attached hydrogens (tertiary/aromatic N) is 1. The molecular formula is C16H29N3O2. The van der Waals surface area contributed by atoms with Crippen LogP contribution in [0.3, 0.4) is 0 Å². The lowest BCUT2D eigenvalue weighted by Crippen LogP contribution is -2.52. The van der Waals surface area contributed by atoms with Gasteiger partial charge in [-0.15, -0.1) is 0 Å². The Morgan fingerprint density at radius 2 is 1.90 bits per heavy atom. The SMILES string of the molecule is CC(=O)NC1CCN(C(=O)C2CCC(N)C(C)C2(C)C)C1. The third-order valence-corrected chi connectivity index (χ3v) is 5.71. The highest BCUT2D eigenvalue weighted by Gasteiger charge is 2.46. The number of rotatable bonds is 2. The fraction of sp³-hybridized carbons (Fsp3) is 0.875. The van der Waals surface area contributed by atoms with Crippen LogP contribution in [0.1, 0.15) is 47.0 Å². The van der Waals surface area contributed by atoms with E-state index >= 15 is 0 Å². The van der Waals surface area contributed by atoms with Gasteiger partial charge in [0.05, 0.1) is 0 Å². The average Bonchev–Trinajstić information content (AvgIpc) is 2.83. The van der Waals surface area contributed by atoms with Crippen LogP contribution in [0.2, 0.25) is 0 Å². The number of hydrogen-bond acceptors (Lipinski definition) is 3. The minimum absolute atomic E-state index is 0.0214. The van der Waals surface area contributed by atoms with Crippen molar-refractivity contribution in [3.8, 4) is 0 Å². The van der Waals surface area contributed by atoms with Gasteiger partial charge in [0.25, 0.3) is 0 Å². The van der Waals surface area contributed by atoms with Crippen molar-refractivity contribution in [2.24, 2.45) is 23.0 Å². The Morgan fingerprint density at radius 1 is 1.24 bits per heavy atom. The molecule has 120 valence electrons. The van der Waals surface area contributed by atoms with E-state index in [2.05, 4.69) is 26.1 Å². The van der Waals surface area contributed by atoms with Gasteiger partial charge in [0, 0.05) is 38.0 Å². The van der Waals surface area contributed by atoms with E-state index in [4.69, 9.17) is 5.73 Å². The van der Waals surface area contributed by atoms with Gasteiger partial charge < -0.3 is 16.0 Å². The Kier molecular flexibility index (Phi) is 4.61. The second-order valence-corrected chi connectivity index (χ2v) is 7.37. The van der Waals surface area contributed by atoms with E-state index < -0.39 is 0 Å². The van der Waals surface area contributed by atoms with E-state index in [1.54, 1.807) is 0 Å². The molecule has 2 fully saturated rings. The zero-order chi connectivity index (χ0) is 15.8. The summed E-state index contributed by atoms with van der Waals surface area (Å²) in [7, 11) is 0. The fourth-order valence-corrected chi connectivity index (χ4v) is 3.88. The summed E-state index contributed by atoms with van der Waals surface area (Å²) in [4.78, 5) is 25.9. The Balaban J connectivity index is 2.02. The molecule has 5 heteroatoms. The summed E-state index contributed by atoms with van der Waals surface area (Å²) in [5.41, 5.74) is 6.11. The van der Waals surface area contributed by atoms with Crippen molar-refractivity contribution in [2.75, 3.05) is 13.1 Å². The topological polar surface area (TPSA) is 75.4 Å². The quantitative estimate of drug-likeness (QED) is 0.801. The number of nitrogens with one attached hydrogen (secondary N) is 1. The highest BCUT2D eigenvalue weighted by atomic mass is 16.2. The summed E-state index contributed by atoms with van der Waals surface area (Å²) in [6, 6.07) is 0.299. The number of hydrogen-bond donors (Lipinski definition) is 2. The molecule has 0 aromatic heterocycles. The van der Waals surface area contributed by atoms with Crippen molar-refractivity contribution in [2.45, 2.75) is 59.0 Å². The van der Waals surface area contributed by atoms with Crippen LogP contribution in [0.15, 0.2) is 0 Å². The standard InChI is InChI=1S/C16H29N3O2/c1-10-14(17)6-5-13(16(10,3)4)15(21)19-8-7-12(9-19)18-11(2)20/h10,12-14H,5-9,17H2,1-4H3,(H,18,20). The number of likely N-dealkylation sites (tertiary alicyclic amines) is 1. The maximum atomic E-state index is 12.9. The first-order valence-electron chi connectivity index (χ1n) is 8.05. The van der Waals surface area contributed by atoms with Crippen LogP contribution in [-0.2, 0) is 9.59 Å². The van der Waals surface area contributed by atoms with E-state index in [-0.39, 0.29) is 35.2 Å². The molecule has 4 atom stereocenters. The summed E-state index contributed by atoms with van der Waals surface area (Å²) in [6.45, 7) is 9.41. The number of carbonyl (C=O) groups excluding carboxylic acids is 2. The van der Waals surface area contributed by atoms with Gasteiger partial charge in [-0.2, -0.15) is 0 Å². The molecule has 1 saturated carbocycles. The van der Waals surface area contributed by atoms with Gasteiger partial charge in [-0.3, -0.25) is 9.59 Å². The van der Waals surface area contributed by atoms with Gasteiger partial charge in [-0.1, -0.05) is 20.8 Å². The largest absolute Gasteiger partial charge is 0.352 e. The van der Waals surface area contributed by atoms with Crippen LogP contribution in [0.25, 0.3) is 0 Å². The molecule has 1 aliphatic carbocycles. The second-order valence-electron chi connectivity index (χ2n) is 7.37. The minimum Gasteiger partial charge on any atom is -0.352 e. The average molecular weight is 295 g/mol. The van der Waals surface area contributed by atoms with Crippen LogP contribution in [-0.4, -0.2) is 41.9 Å². The Morgan fingerprint density at radius 3 is 2.52 bits per heavy atom. The molecule has 0 aromatic carbocycles. The number of amides is 2. The minimum atomic E-state index is -0.0686. The maximum absolute atomic E-state index is 12.9. The highest BCUT2D eigenvalue weighted by molar-refractivity contribution is 5.80. The fourth-order valence-electron chi connectivity index (χ4n) is 3.88. The lowest BCUT2D eigenvalue weighted by Gasteiger charge is -2.47. The van der Waals surface area contributed by atoms with Gasteiger partial charge in [0.15, 0.2) is 0 Å². The summed E-state index contributed by atoms with van der Waals surface area (Å²) < 4.78 is 0. The van der Waals surface area contributed by atoms with Crippen molar-refractivity contribution in [3.63, 3.8) is 0 Å². The van der Waals surface area contributed by atoms with Crippen molar-refractivity contribution >= 4 is 11.8 Å².